The van der Waals surface area contributed by atoms with Crippen molar-refractivity contribution >= 4 is 11.9 Å². The van der Waals surface area contributed by atoms with Crippen molar-refractivity contribution in [2.45, 2.75) is 31.2 Å². The third-order valence-electron chi connectivity index (χ3n) is 3.74. The number of carboxylic acid groups (broad SMARTS) is 1. The van der Waals surface area contributed by atoms with E-state index in [4.69, 9.17) is 9.84 Å². The third-order valence-corrected chi connectivity index (χ3v) is 3.74. The van der Waals surface area contributed by atoms with Gasteiger partial charge in [0.15, 0.2) is 0 Å². The highest BCUT2D eigenvalue weighted by Gasteiger charge is 2.36. The monoisotopic (exact) mass is 313 g/mol. The molecule has 1 aliphatic heterocycles. The van der Waals surface area contributed by atoms with Crippen LogP contribution in [0, 0.1) is 11.6 Å². The first-order valence-electron chi connectivity index (χ1n) is 6.95. The Hall–Kier alpha value is -2.02. The van der Waals surface area contributed by atoms with Crippen molar-refractivity contribution in [2.24, 2.45) is 0 Å². The van der Waals surface area contributed by atoms with Crippen molar-refractivity contribution in [2.75, 3.05) is 13.2 Å². The molecule has 1 fully saturated rings. The molecule has 0 saturated carbocycles. The average Bonchev–Trinajstić information content (AvgIpc) is 2.43. The van der Waals surface area contributed by atoms with Crippen LogP contribution in [0.5, 0.6) is 0 Å². The zero-order valence-electron chi connectivity index (χ0n) is 11.9. The van der Waals surface area contributed by atoms with E-state index >= 15 is 0 Å². The summed E-state index contributed by atoms with van der Waals surface area (Å²) < 4.78 is 32.3. The second-order valence-corrected chi connectivity index (χ2v) is 5.39. The number of carbonyl (C=O) groups excluding carboxylic acids is 1. The number of carbonyl (C=O) groups is 2. The summed E-state index contributed by atoms with van der Waals surface area (Å²) in [6, 6.07) is 3.37. The molecule has 1 aromatic carbocycles. The average molecular weight is 313 g/mol. The summed E-state index contributed by atoms with van der Waals surface area (Å²) in [5, 5.41) is 11.6. The highest BCUT2D eigenvalue weighted by Crippen LogP contribution is 2.25. The van der Waals surface area contributed by atoms with Crippen LogP contribution < -0.4 is 5.32 Å². The molecule has 7 heteroatoms. The van der Waals surface area contributed by atoms with Crippen LogP contribution in [0.2, 0.25) is 0 Å². The van der Waals surface area contributed by atoms with E-state index in [0.29, 0.717) is 26.1 Å². The number of aliphatic carboxylic acids is 1. The molecule has 1 amide bonds. The minimum atomic E-state index is -1.04. The van der Waals surface area contributed by atoms with Crippen molar-refractivity contribution < 1.29 is 28.2 Å². The molecule has 1 heterocycles. The maximum absolute atomic E-state index is 13.6. The van der Waals surface area contributed by atoms with Gasteiger partial charge in [-0.15, -0.1) is 0 Å². The van der Waals surface area contributed by atoms with E-state index in [2.05, 4.69) is 5.32 Å². The predicted octanol–water partition coefficient (Wildman–Crippen LogP) is 1.65. The Balaban J connectivity index is 2.09. The number of amides is 1. The number of nitrogens with one attached hydrogen (secondary N) is 1. The molecule has 0 radical (unpaired) electrons. The van der Waals surface area contributed by atoms with Gasteiger partial charge in [-0.2, -0.15) is 0 Å². The van der Waals surface area contributed by atoms with E-state index in [1.807, 2.05) is 0 Å². The molecular formula is C15H17F2NO4. The predicted molar refractivity (Wildman–Crippen MR) is 73.2 cm³/mol. The molecule has 0 bridgehead atoms. The molecular weight excluding hydrogens is 296 g/mol. The molecule has 0 aromatic heterocycles. The smallest absolute Gasteiger partial charge is 0.305 e. The molecule has 120 valence electrons. The maximum Gasteiger partial charge on any atom is 0.305 e. The topological polar surface area (TPSA) is 75.6 Å². The Morgan fingerprint density at radius 2 is 1.82 bits per heavy atom. The number of benzene rings is 1. The molecule has 5 nitrogen and oxygen atoms in total. The van der Waals surface area contributed by atoms with Crippen LogP contribution >= 0.6 is 0 Å². The van der Waals surface area contributed by atoms with Crippen LogP contribution in [0.3, 0.4) is 0 Å². The zero-order chi connectivity index (χ0) is 16.2. The summed E-state index contributed by atoms with van der Waals surface area (Å²) >= 11 is 0. The molecule has 0 unspecified atom stereocenters. The fourth-order valence-electron chi connectivity index (χ4n) is 2.60. The summed E-state index contributed by atoms with van der Waals surface area (Å²) in [7, 11) is 0. The lowest BCUT2D eigenvalue weighted by Gasteiger charge is -2.36. The fourth-order valence-corrected chi connectivity index (χ4v) is 2.60. The maximum atomic E-state index is 13.6. The lowest BCUT2D eigenvalue weighted by molar-refractivity contribution is -0.140. The standard InChI is InChI=1S/C15H17F2NO4/c16-11-2-1-3-12(17)10(11)8-13(19)18-15(9-14(20)21)4-6-22-7-5-15/h1-3H,4-9H2,(H,18,19)(H,20,21). The molecule has 1 aromatic rings. The Kier molecular flexibility index (Phi) is 5.07. The molecule has 22 heavy (non-hydrogen) atoms. The van der Waals surface area contributed by atoms with Gasteiger partial charge in [-0.3, -0.25) is 9.59 Å². The van der Waals surface area contributed by atoms with Gasteiger partial charge in [-0.1, -0.05) is 6.07 Å². The van der Waals surface area contributed by atoms with Gasteiger partial charge in [-0.05, 0) is 25.0 Å². The highest BCUT2D eigenvalue weighted by molar-refractivity contribution is 5.80. The van der Waals surface area contributed by atoms with E-state index < -0.39 is 35.5 Å². The minimum Gasteiger partial charge on any atom is -0.481 e. The van der Waals surface area contributed by atoms with Gasteiger partial charge in [-0.25, -0.2) is 8.78 Å². The number of halogens is 2. The normalized spacial score (nSPS) is 17.0. The van der Waals surface area contributed by atoms with Crippen LogP contribution in [0.15, 0.2) is 18.2 Å². The van der Waals surface area contributed by atoms with E-state index in [9.17, 15) is 18.4 Å². The summed E-state index contributed by atoms with van der Waals surface area (Å²) in [5.41, 5.74) is -1.25. The second-order valence-electron chi connectivity index (χ2n) is 5.39. The number of hydrogen-bond donors (Lipinski definition) is 2. The molecule has 2 N–H and O–H groups in total. The first-order valence-corrected chi connectivity index (χ1v) is 6.95. The lowest BCUT2D eigenvalue weighted by Crippen LogP contribution is -2.53. The third kappa shape index (κ3) is 4.00. The summed E-state index contributed by atoms with van der Waals surface area (Å²) in [4.78, 5) is 23.1. The van der Waals surface area contributed by atoms with Crippen molar-refractivity contribution in [3.05, 3.63) is 35.4 Å². The van der Waals surface area contributed by atoms with Crippen LogP contribution in [-0.2, 0) is 20.7 Å². The fraction of sp³-hybridized carbons (Fsp3) is 0.467. The van der Waals surface area contributed by atoms with Gasteiger partial charge in [0.1, 0.15) is 11.6 Å². The molecule has 0 atom stereocenters. The first-order chi connectivity index (χ1) is 10.4. The summed E-state index contributed by atoms with van der Waals surface area (Å²) in [6.45, 7) is 0.670. The quantitative estimate of drug-likeness (QED) is 0.866. The summed E-state index contributed by atoms with van der Waals surface area (Å²) in [6.07, 6.45) is -0.0157. The van der Waals surface area contributed by atoms with Gasteiger partial charge < -0.3 is 15.2 Å². The Morgan fingerprint density at radius 1 is 1.23 bits per heavy atom. The number of carboxylic acids is 1. The number of rotatable bonds is 5. The molecule has 1 saturated heterocycles. The first kappa shape index (κ1) is 16.4. The Bertz CT molecular complexity index is 550. The Morgan fingerprint density at radius 3 is 2.36 bits per heavy atom. The van der Waals surface area contributed by atoms with Gasteiger partial charge in [0, 0.05) is 18.8 Å². The molecule has 0 aliphatic carbocycles. The van der Waals surface area contributed by atoms with Crippen molar-refractivity contribution in [3.63, 3.8) is 0 Å². The summed E-state index contributed by atoms with van der Waals surface area (Å²) in [5.74, 6) is -3.24. The molecule has 2 rings (SSSR count). The SMILES string of the molecule is O=C(O)CC1(NC(=O)Cc2c(F)cccc2F)CCOCC1. The second kappa shape index (κ2) is 6.83. The molecule has 1 aliphatic rings. The van der Waals surface area contributed by atoms with Crippen LogP contribution in [0.4, 0.5) is 8.78 Å². The van der Waals surface area contributed by atoms with Gasteiger partial charge in [0.2, 0.25) is 5.91 Å². The van der Waals surface area contributed by atoms with Gasteiger partial charge in [0.05, 0.1) is 18.4 Å². The van der Waals surface area contributed by atoms with Crippen LogP contribution in [0.1, 0.15) is 24.8 Å². The number of hydrogen-bond acceptors (Lipinski definition) is 3. The van der Waals surface area contributed by atoms with Crippen molar-refractivity contribution in [1.29, 1.82) is 0 Å². The van der Waals surface area contributed by atoms with Gasteiger partial charge in [0.25, 0.3) is 0 Å². The largest absolute Gasteiger partial charge is 0.481 e. The number of ether oxygens (including phenoxy) is 1. The van der Waals surface area contributed by atoms with E-state index in [1.54, 1.807) is 0 Å². The van der Waals surface area contributed by atoms with E-state index in [-0.39, 0.29) is 12.0 Å². The van der Waals surface area contributed by atoms with Crippen LogP contribution in [0.25, 0.3) is 0 Å². The van der Waals surface area contributed by atoms with E-state index in [0.717, 1.165) is 12.1 Å². The highest BCUT2D eigenvalue weighted by atomic mass is 19.1. The van der Waals surface area contributed by atoms with Crippen LogP contribution in [-0.4, -0.2) is 35.7 Å². The minimum absolute atomic E-state index is 0.248. The van der Waals surface area contributed by atoms with Crippen molar-refractivity contribution in [3.8, 4) is 0 Å². The Labute approximate surface area is 126 Å². The molecule has 0 spiro atoms. The van der Waals surface area contributed by atoms with Gasteiger partial charge >= 0.3 is 5.97 Å². The lowest BCUT2D eigenvalue weighted by atomic mass is 9.86. The van der Waals surface area contributed by atoms with E-state index in [1.165, 1.54) is 6.07 Å². The van der Waals surface area contributed by atoms with Crippen molar-refractivity contribution in [1.82, 2.24) is 5.32 Å². The zero-order valence-corrected chi connectivity index (χ0v) is 11.9.